The summed E-state index contributed by atoms with van der Waals surface area (Å²) < 4.78 is 0. The molecule has 0 bridgehead atoms. The molecule has 6 heteroatoms. The molecule has 2 aromatic carbocycles. The van der Waals surface area contributed by atoms with E-state index in [9.17, 15) is 9.59 Å². The van der Waals surface area contributed by atoms with Crippen LogP contribution >= 0.6 is 23.2 Å². The molecular weight excluding hydrogens is 419 g/mol. The van der Waals surface area contributed by atoms with Crippen molar-refractivity contribution in [2.45, 2.75) is 46.1 Å². The Kier molecular flexibility index (Phi) is 5.41. The van der Waals surface area contributed by atoms with E-state index in [1.165, 1.54) is 0 Å². The highest BCUT2D eigenvalue weighted by Crippen LogP contribution is 2.50. The summed E-state index contributed by atoms with van der Waals surface area (Å²) in [7, 11) is 0. The Bertz CT molecular complexity index is 1050. The van der Waals surface area contributed by atoms with Crippen molar-refractivity contribution in [2.75, 3.05) is 10.2 Å². The minimum atomic E-state index is -0.687. The number of hydrogen-bond acceptors (Lipinski definition) is 3. The fourth-order valence-corrected chi connectivity index (χ4v) is 5.08. The topological polar surface area (TPSA) is 49.4 Å². The zero-order chi connectivity index (χ0) is 21.6. The molecule has 1 N–H and O–H groups in total. The normalized spacial score (nSPS) is 20.2. The molecule has 1 amide bonds. The molecule has 156 valence electrons. The van der Waals surface area contributed by atoms with Crippen LogP contribution < -0.4 is 10.2 Å². The van der Waals surface area contributed by atoms with Crippen molar-refractivity contribution in [2.24, 2.45) is 5.41 Å². The number of amides is 1. The van der Waals surface area contributed by atoms with Crippen molar-refractivity contribution >= 4 is 46.3 Å². The van der Waals surface area contributed by atoms with E-state index < -0.39 is 6.04 Å². The molecule has 0 spiro atoms. The third-order valence-electron chi connectivity index (χ3n) is 5.75. The Balaban J connectivity index is 2.07. The van der Waals surface area contributed by atoms with Gasteiger partial charge in [-0.25, -0.2) is 0 Å². The molecule has 0 fully saturated rings. The van der Waals surface area contributed by atoms with Crippen LogP contribution in [0.25, 0.3) is 0 Å². The first-order valence-corrected chi connectivity index (χ1v) is 10.9. The van der Waals surface area contributed by atoms with Crippen molar-refractivity contribution in [3.05, 3.63) is 69.3 Å². The second-order valence-electron chi connectivity index (χ2n) is 8.63. The highest BCUT2D eigenvalue weighted by Gasteiger charge is 2.44. The van der Waals surface area contributed by atoms with Gasteiger partial charge in [-0.1, -0.05) is 62.2 Å². The summed E-state index contributed by atoms with van der Waals surface area (Å²) in [6, 6.07) is 12.2. The summed E-state index contributed by atoms with van der Waals surface area (Å²) in [5.74, 6) is -0.0898. The van der Waals surface area contributed by atoms with E-state index in [0.717, 1.165) is 11.4 Å². The van der Waals surface area contributed by atoms with Crippen LogP contribution in [0, 0.1) is 5.41 Å². The van der Waals surface area contributed by atoms with Gasteiger partial charge < -0.3 is 5.32 Å². The number of anilines is 2. The van der Waals surface area contributed by atoms with Gasteiger partial charge in [-0.05, 0) is 36.1 Å². The van der Waals surface area contributed by atoms with Gasteiger partial charge >= 0.3 is 0 Å². The van der Waals surface area contributed by atoms with E-state index in [1.807, 2.05) is 31.2 Å². The van der Waals surface area contributed by atoms with Crippen LogP contribution in [0.1, 0.15) is 51.6 Å². The Morgan fingerprint density at radius 2 is 1.77 bits per heavy atom. The van der Waals surface area contributed by atoms with Crippen molar-refractivity contribution in [3.63, 3.8) is 0 Å². The number of nitrogens with one attached hydrogen (secondary N) is 1. The van der Waals surface area contributed by atoms with Crippen LogP contribution in [0.3, 0.4) is 0 Å². The van der Waals surface area contributed by atoms with E-state index in [4.69, 9.17) is 23.2 Å². The average molecular weight is 443 g/mol. The number of ketones is 1. The molecule has 1 heterocycles. The number of allylic oxidation sites excluding steroid dienone is 1. The van der Waals surface area contributed by atoms with Crippen molar-refractivity contribution in [1.29, 1.82) is 0 Å². The first kappa shape index (κ1) is 21.0. The lowest BCUT2D eigenvalue weighted by atomic mass is 9.73. The van der Waals surface area contributed by atoms with E-state index in [2.05, 4.69) is 19.2 Å². The summed E-state index contributed by atoms with van der Waals surface area (Å²) in [6.07, 6.45) is 1.38. The third-order valence-corrected chi connectivity index (χ3v) is 6.40. The minimum absolute atomic E-state index is 0.0106. The van der Waals surface area contributed by atoms with Gasteiger partial charge in [0.2, 0.25) is 5.91 Å². The molecule has 2 aromatic rings. The summed E-state index contributed by atoms with van der Waals surface area (Å²) in [5.41, 5.74) is 3.31. The molecule has 0 aromatic heterocycles. The predicted molar refractivity (Wildman–Crippen MR) is 122 cm³/mol. The van der Waals surface area contributed by atoms with Crippen LogP contribution in [0.2, 0.25) is 10.0 Å². The van der Waals surface area contributed by atoms with Gasteiger partial charge in [0.15, 0.2) is 5.78 Å². The van der Waals surface area contributed by atoms with Crippen LogP contribution in [0.15, 0.2) is 53.7 Å². The molecular formula is C24H24Cl2N2O2. The number of para-hydroxylation sites is 2. The molecule has 4 nitrogen and oxygen atoms in total. The number of halogens is 2. The molecule has 1 aliphatic carbocycles. The Morgan fingerprint density at radius 3 is 2.43 bits per heavy atom. The fourth-order valence-electron chi connectivity index (χ4n) is 4.48. The molecule has 30 heavy (non-hydrogen) atoms. The van der Waals surface area contributed by atoms with Gasteiger partial charge in [0.05, 0.1) is 17.4 Å². The van der Waals surface area contributed by atoms with Gasteiger partial charge in [0.1, 0.15) is 0 Å². The predicted octanol–water partition coefficient (Wildman–Crippen LogP) is 6.55. The van der Waals surface area contributed by atoms with Gasteiger partial charge in [-0.3, -0.25) is 14.5 Å². The third kappa shape index (κ3) is 3.52. The second-order valence-corrected chi connectivity index (χ2v) is 9.44. The molecule has 0 unspecified atom stereocenters. The van der Waals surface area contributed by atoms with Crippen LogP contribution in [0.4, 0.5) is 11.4 Å². The number of hydrogen-bond donors (Lipinski definition) is 1. The molecule has 0 saturated heterocycles. The standard InChI is InChI=1S/C24H24Cl2N2O2/c1-4-20(30)28-18-11-6-5-10-16(18)27-17-12-24(2,3)13-19(29)22(17)23(28)21-14(25)8-7-9-15(21)26/h5-11,23,27H,4,12-13H2,1-3H3/t23-/m0/s1. The van der Waals surface area contributed by atoms with Crippen molar-refractivity contribution < 1.29 is 9.59 Å². The van der Waals surface area contributed by atoms with Gasteiger partial charge in [-0.15, -0.1) is 0 Å². The largest absolute Gasteiger partial charge is 0.357 e. The number of Topliss-reactive ketones (excluding diaryl/α,β-unsaturated/α-hetero) is 1. The van der Waals surface area contributed by atoms with Crippen LogP contribution in [0.5, 0.6) is 0 Å². The maximum Gasteiger partial charge on any atom is 0.227 e. The molecule has 0 saturated carbocycles. The van der Waals surface area contributed by atoms with Gasteiger partial charge in [-0.2, -0.15) is 0 Å². The number of fused-ring (bicyclic) bond motifs is 1. The monoisotopic (exact) mass is 442 g/mol. The Labute approximate surface area is 186 Å². The number of rotatable bonds is 2. The average Bonchev–Trinajstić information content (AvgIpc) is 2.80. The maximum atomic E-state index is 13.5. The summed E-state index contributed by atoms with van der Waals surface area (Å²) in [6.45, 7) is 5.98. The Hall–Kier alpha value is -2.30. The Morgan fingerprint density at radius 1 is 1.10 bits per heavy atom. The quantitative estimate of drug-likeness (QED) is 0.573. The van der Waals surface area contributed by atoms with E-state index in [-0.39, 0.29) is 23.5 Å². The zero-order valence-electron chi connectivity index (χ0n) is 17.3. The maximum absolute atomic E-state index is 13.5. The molecule has 1 aliphatic heterocycles. The number of carbonyl (C=O) groups is 2. The molecule has 4 rings (SSSR count). The lowest BCUT2D eigenvalue weighted by molar-refractivity contribution is -0.119. The van der Waals surface area contributed by atoms with E-state index in [1.54, 1.807) is 23.1 Å². The van der Waals surface area contributed by atoms with Gasteiger partial charge in [0.25, 0.3) is 0 Å². The SMILES string of the molecule is CCC(=O)N1c2ccccc2NC2=C(C(=O)CC(C)(C)C2)[C@@H]1c1c(Cl)cccc1Cl. The first-order chi connectivity index (χ1) is 14.2. The minimum Gasteiger partial charge on any atom is -0.357 e. The summed E-state index contributed by atoms with van der Waals surface area (Å²) >= 11 is 13.2. The number of nitrogens with zero attached hydrogens (tertiary/aromatic N) is 1. The van der Waals surface area contributed by atoms with Crippen molar-refractivity contribution in [1.82, 2.24) is 0 Å². The summed E-state index contributed by atoms with van der Waals surface area (Å²) in [5, 5.41) is 4.34. The van der Waals surface area contributed by atoms with Crippen LogP contribution in [-0.2, 0) is 9.59 Å². The van der Waals surface area contributed by atoms with Crippen molar-refractivity contribution in [3.8, 4) is 0 Å². The van der Waals surface area contributed by atoms with Gasteiger partial charge in [0, 0.05) is 39.7 Å². The number of carbonyl (C=O) groups excluding carboxylic acids is 2. The zero-order valence-corrected chi connectivity index (χ0v) is 18.8. The molecule has 1 atom stereocenters. The summed E-state index contributed by atoms with van der Waals surface area (Å²) in [4.78, 5) is 28.5. The lowest BCUT2D eigenvalue weighted by Gasteiger charge is -2.37. The molecule has 0 radical (unpaired) electrons. The second kappa shape index (κ2) is 7.75. The van der Waals surface area contributed by atoms with E-state index >= 15 is 0 Å². The highest BCUT2D eigenvalue weighted by atomic mass is 35.5. The fraction of sp³-hybridized carbons (Fsp3) is 0.333. The highest BCUT2D eigenvalue weighted by molar-refractivity contribution is 6.36. The first-order valence-electron chi connectivity index (χ1n) is 10.1. The molecule has 2 aliphatic rings. The van der Waals surface area contributed by atoms with E-state index in [0.29, 0.717) is 39.7 Å². The van der Waals surface area contributed by atoms with Crippen LogP contribution in [-0.4, -0.2) is 11.7 Å². The number of benzene rings is 2. The smallest absolute Gasteiger partial charge is 0.227 e. The lowest BCUT2D eigenvalue weighted by Crippen LogP contribution is -2.39.